The molecule has 1 heterocycles. The molecule has 1 aliphatic rings. The smallest absolute Gasteiger partial charge is 0.142 e. The van der Waals surface area contributed by atoms with E-state index in [2.05, 4.69) is 79.5 Å². The summed E-state index contributed by atoms with van der Waals surface area (Å²) in [5, 5.41) is 3.75. The largest absolute Gasteiger partial charge is 0.491 e. The summed E-state index contributed by atoms with van der Waals surface area (Å²) >= 11 is 0. The van der Waals surface area contributed by atoms with E-state index in [4.69, 9.17) is 4.74 Å². The van der Waals surface area contributed by atoms with Gasteiger partial charge in [0.15, 0.2) is 0 Å². The van der Waals surface area contributed by atoms with Crippen molar-refractivity contribution in [1.29, 1.82) is 0 Å². The van der Waals surface area contributed by atoms with Crippen molar-refractivity contribution in [3.8, 4) is 5.75 Å². The Labute approximate surface area is 176 Å². The molecule has 0 radical (unpaired) electrons. The van der Waals surface area contributed by atoms with Crippen LogP contribution in [0.5, 0.6) is 5.75 Å². The summed E-state index contributed by atoms with van der Waals surface area (Å²) in [6, 6.07) is 17.3. The third-order valence-electron chi connectivity index (χ3n) is 5.16. The van der Waals surface area contributed by atoms with Crippen LogP contribution in [0.25, 0.3) is 0 Å². The predicted molar refractivity (Wildman–Crippen MR) is 122 cm³/mol. The Kier molecular flexibility index (Phi) is 9.14. The summed E-state index contributed by atoms with van der Waals surface area (Å²) < 4.78 is 6.20. The molecule has 1 fully saturated rings. The van der Waals surface area contributed by atoms with Gasteiger partial charge in [0.25, 0.3) is 0 Å². The van der Waals surface area contributed by atoms with Crippen molar-refractivity contribution in [3.63, 3.8) is 0 Å². The van der Waals surface area contributed by atoms with Crippen LogP contribution in [0, 0.1) is 5.92 Å². The lowest BCUT2D eigenvalue weighted by Gasteiger charge is -2.29. The Hall–Kier alpha value is -1.71. The van der Waals surface area contributed by atoms with Crippen molar-refractivity contribution in [2.24, 2.45) is 5.92 Å². The first-order valence-corrected chi connectivity index (χ1v) is 10.5. The number of hydrogen-bond donors (Lipinski definition) is 1. The molecular weight excluding hydrogens is 368 g/mol. The maximum atomic E-state index is 6.20. The molecule has 154 valence electrons. The average molecular weight is 403 g/mol. The number of halogens is 1. The van der Waals surface area contributed by atoms with Crippen LogP contribution in [0.15, 0.2) is 48.5 Å². The highest BCUT2D eigenvalue weighted by Crippen LogP contribution is 2.29. The minimum Gasteiger partial charge on any atom is -0.491 e. The van der Waals surface area contributed by atoms with Crippen molar-refractivity contribution < 1.29 is 4.74 Å². The summed E-state index contributed by atoms with van der Waals surface area (Å²) in [7, 11) is 0. The Morgan fingerprint density at radius 1 is 1.00 bits per heavy atom. The molecule has 0 amide bonds. The molecule has 0 bridgehead atoms. The number of likely N-dealkylation sites (tertiary alicyclic amines) is 1. The van der Waals surface area contributed by atoms with E-state index < -0.39 is 0 Å². The first-order chi connectivity index (χ1) is 13.2. The van der Waals surface area contributed by atoms with Gasteiger partial charge < -0.3 is 10.1 Å². The van der Waals surface area contributed by atoms with Crippen molar-refractivity contribution >= 4 is 18.1 Å². The fourth-order valence-corrected chi connectivity index (χ4v) is 3.69. The Morgan fingerprint density at radius 3 is 2.36 bits per heavy atom. The van der Waals surface area contributed by atoms with Crippen molar-refractivity contribution in [2.45, 2.75) is 52.6 Å². The van der Waals surface area contributed by atoms with Gasteiger partial charge in [0.1, 0.15) is 5.75 Å². The molecule has 4 heteroatoms. The molecule has 0 aromatic heterocycles. The van der Waals surface area contributed by atoms with E-state index in [1.54, 1.807) is 0 Å². The van der Waals surface area contributed by atoms with Gasteiger partial charge in [-0.05, 0) is 54.9 Å². The summed E-state index contributed by atoms with van der Waals surface area (Å²) in [5.41, 5.74) is 3.74. The number of nitrogens with zero attached hydrogens (tertiary/aromatic N) is 1. The van der Waals surface area contributed by atoms with Gasteiger partial charge in [-0.25, -0.2) is 0 Å². The molecule has 2 aromatic carbocycles. The summed E-state index contributed by atoms with van der Waals surface area (Å²) in [6.45, 7) is 9.78. The molecule has 1 atom stereocenters. The minimum absolute atomic E-state index is 0. The monoisotopic (exact) mass is 402 g/mol. The second-order valence-electron chi connectivity index (χ2n) is 8.01. The Bertz CT molecular complexity index is 699. The molecule has 0 spiro atoms. The van der Waals surface area contributed by atoms with Crippen LogP contribution in [0.3, 0.4) is 0 Å². The van der Waals surface area contributed by atoms with Crippen LogP contribution in [0.1, 0.15) is 51.2 Å². The molecule has 1 N–H and O–H groups in total. The van der Waals surface area contributed by atoms with E-state index in [9.17, 15) is 0 Å². The number of hydrogen-bond acceptors (Lipinski definition) is 3. The standard InChI is InChI=1S/C24H34N2O.ClH/c1-4-24(26-14-8-9-15-26)25-22-13-12-21(16-20-10-6-5-7-11-20)17-23(22)27-18-19(2)3;/h5-7,10-13,17,19,24-25H,4,8-9,14-16,18H2,1-3H3;1H. The lowest BCUT2D eigenvalue weighted by Crippen LogP contribution is -2.38. The first kappa shape index (κ1) is 22.6. The fraction of sp³-hybridized carbons (Fsp3) is 0.500. The van der Waals surface area contributed by atoms with E-state index in [0.29, 0.717) is 12.1 Å². The lowest BCUT2D eigenvalue weighted by atomic mass is 10.0. The SMILES string of the molecule is CCC(Nc1ccc(Cc2ccccc2)cc1OCC(C)C)N1CCCC1.Cl. The Balaban J connectivity index is 0.00000280. The summed E-state index contributed by atoms with van der Waals surface area (Å²) in [4.78, 5) is 2.56. The fourth-order valence-electron chi connectivity index (χ4n) is 3.69. The van der Waals surface area contributed by atoms with E-state index in [1.165, 1.54) is 37.1 Å². The number of rotatable bonds is 9. The molecule has 1 unspecified atom stereocenters. The molecule has 2 aromatic rings. The third-order valence-corrected chi connectivity index (χ3v) is 5.16. The molecule has 3 nitrogen and oxygen atoms in total. The topological polar surface area (TPSA) is 24.5 Å². The maximum absolute atomic E-state index is 6.20. The highest BCUT2D eigenvalue weighted by molar-refractivity contribution is 5.85. The zero-order valence-electron chi connectivity index (χ0n) is 17.5. The molecule has 0 aliphatic carbocycles. The summed E-state index contributed by atoms with van der Waals surface area (Å²) in [5.74, 6) is 1.49. The first-order valence-electron chi connectivity index (χ1n) is 10.5. The number of benzene rings is 2. The van der Waals surface area contributed by atoms with Crippen LogP contribution in [-0.2, 0) is 6.42 Å². The van der Waals surface area contributed by atoms with E-state index in [-0.39, 0.29) is 12.4 Å². The van der Waals surface area contributed by atoms with Gasteiger partial charge >= 0.3 is 0 Å². The Morgan fingerprint density at radius 2 is 1.71 bits per heavy atom. The van der Waals surface area contributed by atoms with Crippen LogP contribution in [0.2, 0.25) is 0 Å². The lowest BCUT2D eigenvalue weighted by molar-refractivity contribution is 0.255. The highest BCUT2D eigenvalue weighted by atomic mass is 35.5. The van der Waals surface area contributed by atoms with Crippen LogP contribution < -0.4 is 10.1 Å². The second-order valence-corrected chi connectivity index (χ2v) is 8.01. The van der Waals surface area contributed by atoms with Gasteiger partial charge in [-0.2, -0.15) is 0 Å². The van der Waals surface area contributed by atoms with Crippen LogP contribution in [-0.4, -0.2) is 30.8 Å². The van der Waals surface area contributed by atoms with E-state index >= 15 is 0 Å². The van der Waals surface area contributed by atoms with Gasteiger partial charge in [-0.15, -0.1) is 12.4 Å². The number of ether oxygens (including phenoxy) is 1. The second kappa shape index (κ2) is 11.3. The van der Waals surface area contributed by atoms with Crippen LogP contribution >= 0.6 is 12.4 Å². The van der Waals surface area contributed by atoms with Gasteiger partial charge in [0.05, 0.1) is 18.5 Å². The zero-order valence-corrected chi connectivity index (χ0v) is 18.3. The van der Waals surface area contributed by atoms with Crippen molar-refractivity contribution in [3.05, 3.63) is 59.7 Å². The average Bonchev–Trinajstić information content (AvgIpc) is 3.21. The molecule has 1 saturated heterocycles. The zero-order chi connectivity index (χ0) is 19.1. The highest BCUT2D eigenvalue weighted by Gasteiger charge is 2.21. The molecular formula is C24H35ClN2O. The van der Waals surface area contributed by atoms with Gasteiger partial charge in [0, 0.05) is 13.1 Å². The molecule has 28 heavy (non-hydrogen) atoms. The van der Waals surface area contributed by atoms with Crippen molar-refractivity contribution in [1.82, 2.24) is 4.90 Å². The minimum atomic E-state index is 0. The number of anilines is 1. The normalized spacial score (nSPS) is 15.3. The van der Waals surface area contributed by atoms with Gasteiger partial charge in [0.2, 0.25) is 0 Å². The van der Waals surface area contributed by atoms with E-state index in [1.807, 2.05) is 0 Å². The number of nitrogens with one attached hydrogen (secondary N) is 1. The summed E-state index contributed by atoms with van der Waals surface area (Å²) in [6.07, 6.45) is 5.03. The van der Waals surface area contributed by atoms with E-state index in [0.717, 1.165) is 30.9 Å². The van der Waals surface area contributed by atoms with Crippen molar-refractivity contribution in [2.75, 3.05) is 25.0 Å². The third kappa shape index (κ3) is 6.42. The maximum Gasteiger partial charge on any atom is 0.142 e. The molecule has 1 aliphatic heterocycles. The molecule has 3 rings (SSSR count). The molecule has 0 saturated carbocycles. The van der Waals surface area contributed by atoms with Gasteiger partial charge in [-0.3, -0.25) is 4.90 Å². The predicted octanol–water partition coefficient (Wildman–Crippen LogP) is 5.98. The van der Waals surface area contributed by atoms with Crippen LogP contribution in [0.4, 0.5) is 5.69 Å². The quantitative estimate of drug-likeness (QED) is 0.558. The van der Waals surface area contributed by atoms with Gasteiger partial charge in [-0.1, -0.05) is 57.2 Å².